The van der Waals surface area contributed by atoms with Gasteiger partial charge in [0, 0.05) is 5.02 Å². The number of nitrogens with zero attached hydrogens (tertiary/aromatic N) is 1. The summed E-state index contributed by atoms with van der Waals surface area (Å²) in [4.78, 5) is 26.6. The number of hydrogen-bond donors (Lipinski definition) is 0. The lowest BCUT2D eigenvalue weighted by Gasteiger charge is -2.15. The number of amides is 2. The van der Waals surface area contributed by atoms with Crippen molar-refractivity contribution in [1.29, 1.82) is 0 Å². The summed E-state index contributed by atoms with van der Waals surface area (Å²) < 4.78 is 25.0. The number of halogens is 2. The molecule has 1 aliphatic heterocycles. The van der Waals surface area contributed by atoms with Crippen molar-refractivity contribution in [2.24, 2.45) is 0 Å². The molecule has 4 rings (SSSR count). The number of anilines is 1. The van der Waals surface area contributed by atoms with E-state index in [0.29, 0.717) is 40.8 Å². The topological polar surface area (TPSA) is 55.8 Å². The monoisotopic (exact) mass is 485 g/mol. The van der Waals surface area contributed by atoms with Crippen molar-refractivity contribution in [2.75, 3.05) is 11.5 Å². The fourth-order valence-corrected chi connectivity index (χ4v) is 4.63. The second-order valence-corrected chi connectivity index (χ2v) is 8.95. The van der Waals surface area contributed by atoms with Crippen LogP contribution >= 0.6 is 23.4 Å². The Morgan fingerprint density at radius 1 is 0.970 bits per heavy atom. The molecule has 0 saturated carbocycles. The number of rotatable bonds is 8. The normalized spacial score (nSPS) is 15.7. The predicted octanol–water partition coefficient (Wildman–Crippen LogP) is 6.27. The maximum Gasteiger partial charge on any atom is 0.293 e. The van der Waals surface area contributed by atoms with E-state index in [4.69, 9.17) is 21.1 Å². The number of thioether (sulfide) groups is 1. The van der Waals surface area contributed by atoms with Gasteiger partial charge in [0.1, 0.15) is 12.4 Å². The lowest BCUT2D eigenvalue weighted by molar-refractivity contribution is -0.117. The molecule has 0 spiro atoms. The van der Waals surface area contributed by atoms with Crippen LogP contribution in [0, 0.1) is 5.82 Å². The first-order valence-corrected chi connectivity index (χ1v) is 11.6. The Labute approximate surface area is 200 Å². The first kappa shape index (κ1) is 23.1. The summed E-state index contributed by atoms with van der Waals surface area (Å²) in [7, 11) is 0. The Morgan fingerprint density at radius 2 is 1.76 bits per heavy atom. The number of carbonyl (C=O) groups is 2. The summed E-state index contributed by atoms with van der Waals surface area (Å²) in [5, 5.41) is -0.320. The van der Waals surface area contributed by atoms with E-state index < -0.39 is 5.25 Å². The molecule has 1 fully saturated rings. The van der Waals surface area contributed by atoms with Crippen LogP contribution < -0.4 is 14.4 Å². The van der Waals surface area contributed by atoms with Gasteiger partial charge in [-0.2, -0.15) is 0 Å². The molecule has 2 amide bonds. The van der Waals surface area contributed by atoms with E-state index in [2.05, 4.69) is 0 Å². The standard InChI is InChI=1S/C25H21ClFNO4S/c1-2-31-22-13-16(6-11-21(22)32-15-17-4-3-5-19(27)12-17)14-23-24(29)28(25(30)33-23)20-9-7-18(26)8-10-20/h3-13,23H,2,14-15H2,1H3/t23-/m1/s1. The van der Waals surface area contributed by atoms with Crippen LogP contribution in [0.4, 0.5) is 14.9 Å². The Bertz CT molecular complexity index is 1170. The highest BCUT2D eigenvalue weighted by atomic mass is 35.5. The second-order valence-electron chi connectivity index (χ2n) is 7.36. The maximum atomic E-state index is 13.4. The van der Waals surface area contributed by atoms with E-state index in [1.807, 2.05) is 19.1 Å². The first-order valence-electron chi connectivity index (χ1n) is 10.4. The molecule has 8 heteroatoms. The SMILES string of the molecule is CCOc1cc(C[C@H]2SC(=O)N(c3ccc(Cl)cc3)C2=O)ccc1OCc1cccc(F)c1. The van der Waals surface area contributed by atoms with Crippen LogP contribution in [0.5, 0.6) is 11.5 Å². The van der Waals surface area contributed by atoms with Crippen LogP contribution in [0.3, 0.4) is 0 Å². The van der Waals surface area contributed by atoms with Gasteiger partial charge in [-0.3, -0.25) is 9.59 Å². The highest BCUT2D eigenvalue weighted by Gasteiger charge is 2.40. The van der Waals surface area contributed by atoms with Crippen molar-refractivity contribution < 1.29 is 23.5 Å². The van der Waals surface area contributed by atoms with Crippen LogP contribution in [0.15, 0.2) is 66.7 Å². The van der Waals surface area contributed by atoms with Crippen molar-refractivity contribution >= 4 is 40.2 Å². The van der Waals surface area contributed by atoms with Gasteiger partial charge >= 0.3 is 0 Å². The molecule has 0 aliphatic carbocycles. The number of hydrogen-bond acceptors (Lipinski definition) is 5. The van der Waals surface area contributed by atoms with Crippen LogP contribution in [0.2, 0.25) is 5.02 Å². The van der Waals surface area contributed by atoms with Crippen molar-refractivity contribution in [2.45, 2.75) is 25.2 Å². The molecule has 5 nitrogen and oxygen atoms in total. The second kappa shape index (κ2) is 10.3. The molecule has 0 aromatic heterocycles. The molecule has 1 heterocycles. The minimum atomic E-state index is -0.540. The van der Waals surface area contributed by atoms with Gasteiger partial charge in [-0.15, -0.1) is 0 Å². The molecule has 1 atom stereocenters. The van der Waals surface area contributed by atoms with Gasteiger partial charge in [0.15, 0.2) is 11.5 Å². The molecule has 3 aromatic carbocycles. The fourth-order valence-electron chi connectivity index (χ4n) is 3.48. The average molecular weight is 486 g/mol. The summed E-state index contributed by atoms with van der Waals surface area (Å²) in [5.74, 6) is 0.464. The van der Waals surface area contributed by atoms with Gasteiger partial charge in [0.05, 0.1) is 17.5 Å². The number of carbonyl (C=O) groups excluding carboxylic acids is 2. The molecule has 1 aliphatic rings. The van der Waals surface area contributed by atoms with Crippen LogP contribution in [0.1, 0.15) is 18.1 Å². The zero-order valence-electron chi connectivity index (χ0n) is 17.8. The molecule has 0 bridgehead atoms. The van der Waals surface area contributed by atoms with Crippen LogP contribution in [0.25, 0.3) is 0 Å². The molecule has 0 N–H and O–H groups in total. The minimum absolute atomic E-state index is 0.193. The Morgan fingerprint density at radius 3 is 2.48 bits per heavy atom. The van der Waals surface area contributed by atoms with Gasteiger partial charge < -0.3 is 9.47 Å². The molecule has 170 valence electrons. The summed E-state index contributed by atoms with van der Waals surface area (Å²) >= 11 is 6.92. The largest absolute Gasteiger partial charge is 0.490 e. The Hall–Kier alpha value is -3.03. The van der Waals surface area contributed by atoms with Crippen molar-refractivity contribution in [3.63, 3.8) is 0 Å². The molecular formula is C25H21ClFNO4S. The highest BCUT2D eigenvalue weighted by Crippen LogP contribution is 2.36. The molecule has 33 heavy (non-hydrogen) atoms. The van der Waals surface area contributed by atoms with E-state index in [1.54, 1.807) is 42.5 Å². The van der Waals surface area contributed by atoms with Gasteiger partial charge in [-0.05, 0) is 73.0 Å². The van der Waals surface area contributed by atoms with Crippen molar-refractivity contribution in [3.8, 4) is 11.5 Å². The average Bonchev–Trinajstić information content (AvgIpc) is 3.07. The van der Waals surface area contributed by atoms with Gasteiger partial charge in [0.2, 0.25) is 5.91 Å². The third-order valence-corrected chi connectivity index (χ3v) is 6.31. The first-order chi connectivity index (χ1) is 15.9. The summed E-state index contributed by atoms with van der Waals surface area (Å²) in [6.07, 6.45) is 0.365. The van der Waals surface area contributed by atoms with Crippen molar-refractivity contribution in [1.82, 2.24) is 0 Å². The van der Waals surface area contributed by atoms with E-state index in [9.17, 15) is 14.0 Å². The van der Waals surface area contributed by atoms with E-state index in [-0.39, 0.29) is 23.6 Å². The fraction of sp³-hybridized carbons (Fsp3) is 0.200. The third kappa shape index (κ3) is 5.49. The molecular weight excluding hydrogens is 465 g/mol. The summed E-state index contributed by atoms with van der Waals surface area (Å²) in [5.41, 5.74) is 2.05. The third-order valence-electron chi connectivity index (χ3n) is 5.02. The number of ether oxygens (including phenoxy) is 2. The zero-order chi connectivity index (χ0) is 23.4. The predicted molar refractivity (Wildman–Crippen MR) is 128 cm³/mol. The summed E-state index contributed by atoms with van der Waals surface area (Å²) in [6.45, 7) is 2.49. The van der Waals surface area contributed by atoms with Crippen molar-refractivity contribution in [3.05, 3.63) is 88.7 Å². The van der Waals surface area contributed by atoms with Gasteiger partial charge in [0.25, 0.3) is 5.24 Å². The Balaban J connectivity index is 1.47. The van der Waals surface area contributed by atoms with Crippen LogP contribution in [-0.4, -0.2) is 23.0 Å². The van der Waals surface area contributed by atoms with Gasteiger partial charge in [-0.1, -0.05) is 41.6 Å². The quantitative estimate of drug-likeness (QED) is 0.376. The van der Waals surface area contributed by atoms with Gasteiger partial charge in [-0.25, -0.2) is 9.29 Å². The molecule has 3 aromatic rings. The maximum absolute atomic E-state index is 13.4. The van der Waals surface area contributed by atoms with E-state index >= 15 is 0 Å². The smallest absolute Gasteiger partial charge is 0.293 e. The number of imide groups is 1. The number of benzene rings is 3. The molecule has 1 saturated heterocycles. The lowest BCUT2D eigenvalue weighted by Crippen LogP contribution is -2.32. The Kier molecular flexibility index (Phi) is 7.20. The summed E-state index contributed by atoms with van der Waals surface area (Å²) in [6, 6.07) is 18.2. The molecule has 0 unspecified atom stereocenters. The van der Waals surface area contributed by atoms with Crippen LogP contribution in [-0.2, 0) is 17.8 Å². The zero-order valence-corrected chi connectivity index (χ0v) is 19.4. The van der Waals surface area contributed by atoms with E-state index in [1.165, 1.54) is 17.0 Å². The highest BCUT2D eigenvalue weighted by molar-refractivity contribution is 8.15. The van der Waals surface area contributed by atoms with E-state index in [0.717, 1.165) is 17.3 Å². The lowest BCUT2D eigenvalue weighted by atomic mass is 10.1. The molecule has 0 radical (unpaired) electrons. The minimum Gasteiger partial charge on any atom is -0.490 e.